The molecule has 2 rings (SSSR count). The molecule has 6 nitrogen and oxygen atoms in total. The van der Waals surface area contributed by atoms with E-state index < -0.39 is 0 Å². The van der Waals surface area contributed by atoms with Crippen LogP contribution in [0.4, 0.5) is 0 Å². The number of hydrogen-bond donors (Lipinski definition) is 3. The quantitative estimate of drug-likeness (QED) is 0.174. The van der Waals surface area contributed by atoms with Crippen LogP contribution in [-0.2, 0) is 0 Å². The molecule has 0 radical (unpaired) electrons. The van der Waals surface area contributed by atoms with E-state index in [2.05, 4.69) is 40.0 Å². The highest BCUT2D eigenvalue weighted by Gasteiger charge is 2.09. The number of benzene rings is 2. The Labute approximate surface area is 207 Å². The Morgan fingerprint density at radius 2 is 1.74 bits per heavy atom. The van der Waals surface area contributed by atoms with Crippen molar-refractivity contribution in [2.75, 3.05) is 33.3 Å². The van der Waals surface area contributed by atoms with Crippen LogP contribution in [0.15, 0.2) is 53.5 Å². The van der Waals surface area contributed by atoms with E-state index in [0.717, 1.165) is 24.7 Å². The van der Waals surface area contributed by atoms with Gasteiger partial charge in [0.15, 0.2) is 5.96 Å². The van der Waals surface area contributed by atoms with Crippen molar-refractivity contribution < 1.29 is 9.53 Å². The largest absolute Gasteiger partial charge is 0.497 e. The summed E-state index contributed by atoms with van der Waals surface area (Å²) in [6, 6.07) is 15.2. The molecule has 0 saturated heterocycles. The first-order valence-electron chi connectivity index (χ1n) is 10.2. The number of aliphatic imine (C=N–C) groups is 1. The highest BCUT2D eigenvalue weighted by atomic mass is 127. The molecular weight excluding hydrogens is 527 g/mol. The standard InChI is InChI=1S/C23H31ClN4O2.HI/c1-4-25-23(27-14-13-17(2)18-9-11-19(30-3)12-10-18)28-16-15-26-22(29)20-7-5-6-8-21(20)24;/h5-12,17H,4,13-16H2,1-3H3,(H,26,29)(H2,25,27,28);1H. The van der Waals surface area contributed by atoms with Gasteiger partial charge in [0.25, 0.3) is 5.91 Å². The summed E-state index contributed by atoms with van der Waals surface area (Å²) in [6.07, 6.45) is 0.937. The number of hydrogen-bond acceptors (Lipinski definition) is 3. The minimum Gasteiger partial charge on any atom is -0.497 e. The van der Waals surface area contributed by atoms with Crippen LogP contribution in [0.3, 0.4) is 0 Å². The molecule has 3 N–H and O–H groups in total. The zero-order valence-electron chi connectivity index (χ0n) is 18.3. The first-order chi connectivity index (χ1) is 14.5. The number of amides is 1. The van der Waals surface area contributed by atoms with Crippen LogP contribution >= 0.6 is 35.6 Å². The topological polar surface area (TPSA) is 74.8 Å². The molecule has 0 heterocycles. The van der Waals surface area contributed by atoms with Crippen molar-refractivity contribution in [2.24, 2.45) is 4.99 Å². The molecule has 0 aliphatic carbocycles. The molecule has 0 aliphatic rings. The molecule has 0 aromatic heterocycles. The highest BCUT2D eigenvalue weighted by molar-refractivity contribution is 14.0. The van der Waals surface area contributed by atoms with E-state index in [1.807, 2.05) is 19.1 Å². The fourth-order valence-corrected chi connectivity index (χ4v) is 3.13. The molecule has 1 amide bonds. The van der Waals surface area contributed by atoms with E-state index in [1.165, 1.54) is 5.56 Å². The average Bonchev–Trinajstić information content (AvgIpc) is 2.76. The molecule has 2 aromatic rings. The van der Waals surface area contributed by atoms with Crippen LogP contribution in [0.2, 0.25) is 5.02 Å². The minimum atomic E-state index is -0.183. The average molecular weight is 559 g/mol. The van der Waals surface area contributed by atoms with E-state index in [9.17, 15) is 4.79 Å². The normalized spacial score (nSPS) is 11.8. The lowest BCUT2D eigenvalue weighted by molar-refractivity contribution is 0.0954. The number of carbonyl (C=O) groups excluding carboxylic acids is 1. The molecule has 0 fully saturated rings. The summed E-state index contributed by atoms with van der Waals surface area (Å²) in [6.45, 7) is 6.73. The van der Waals surface area contributed by atoms with Gasteiger partial charge >= 0.3 is 0 Å². The van der Waals surface area contributed by atoms with Crippen molar-refractivity contribution in [3.05, 3.63) is 64.7 Å². The summed E-state index contributed by atoms with van der Waals surface area (Å²) >= 11 is 6.05. The van der Waals surface area contributed by atoms with Gasteiger partial charge in [-0.3, -0.25) is 9.79 Å². The third-order valence-corrected chi connectivity index (χ3v) is 5.01. The second-order valence-corrected chi connectivity index (χ2v) is 7.29. The van der Waals surface area contributed by atoms with Crippen LogP contribution in [0, 0.1) is 0 Å². The van der Waals surface area contributed by atoms with E-state index in [4.69, 9.17) is 16.3 Å². The maximum Gasteiger partial charge on any atom is 0.252 e. The third kappa shape index (κ3) is 9.35. The van der Waals surface area contributed by atoms with Gasteiger partial charge in [-0.15, -0.1) is 24.0 Å². The first kappa shape index (κ1) is 27.0. The molecule has 0 aliphatic heterocycles. The van der Waals surface area contributed by atoms with Gasteiger partial charge in [-0.1, -0.05) is 42.8 Å². The maximum atomic E-state index is 12.2. The number of nitrogens with one attached hydrogen (secondary N) is 3. The van der Waals surface area contributed by atoms with Gasteiger partial charge in [-0.25, -0.2) is 0 Å². The Morgan fingerprint density at radius 1 is 1.06 bits per heavy atom. The SMILES string of the molecule is CCNC(=NCCC(C)c1ccc(OC)cc1)NCCNC(=O)c1ccccc1Cl.I. The lowest BCUT2D eigenvalue weighted by atomic mass is 9.98. The van der Waals surface area contributed by atoms with Crippen LogP contribution in [0.1, 0.15) is 42.1 Å². The fraction of sp³-hybridized carbons (Fsp3) is 0.391. The summed E-state index contributed by atoms with van der Waals surface area (Å²) in [7, 11) is 1.67. The first-order valence-corrected chi connectivity index (χ1v) is 10.6. The fourth-order valence-electron chi connectivity index (χ4n) is 2.91. The van der Waals surface area contributed by atoms with Crippen molar-refractivity contribution in [3.63, 3.8) is 0 Å². The van der Waals surface area contributed by atoms with E-state index >= 15 is 0 Å². The summed E-state index contributed by atoms with van der Waals surface area (Å²) < 4.78 is 5.21. The lowest BCUT2D eigenvalue weighted by Gasteiger charge is -2.14. The zero-order chi connectivity index (χ0) is 21.8. The van der Waals surface area contributed by atoms with Gasteiger partial charge in [0.1, 0.15) is 5.75 Å². The van der Waals surface area contributed by atoms with Gasteiger partial charge in [-0.2, -0.15) is 0 Å². The Hall–Kier alpha value is -2.00. The molecule has 1 atom stereocenters. The molecule has 0 spiro atoms. The Morgan fingerprint density at radius 3 is 2.39 bits per heavy atom. The van der Waals surface area contributed by atoms with Crippen molar-refractivity contribution >= 4 is 47.4 Å². The summed E-state index contributed by atoms with van der Waals surface area (Å²) in [4.78, 5) is 16.8. The molecule has 1 unspecified atom stereocenters. The Bertz CT molecular complexity index is 831. The number of rotatable bonds is 10. The van der Waals surface area contributed by atoms with E-state index in [1.54, 1.807) is 31.4 Å². The second kappa shape index (κ2) is 14.9. The van der Waals surface area contributed by atoms with Crippen LogP contribution in [0.25, 0.3) is 0 Å². The molecule has 0 saturated carbocycles. The van der Waals surface area contributed by atoms with E-state index in [-0.39, 0.29) is 29.9 Å². The van der Waals surface area contributed by atoms with Crippen molar-refractivity contribution in [3.8, 4) is 5.75 Å². The van der Waals surface area contributed by atoms with Crippen molar-refractivity contribution in [1.29, 1.82) is 0 Å². The number of carbonyl (C=O) groups is 1. The summed E-state index contributed by atoms with van der Waals surface area (Å²) in [5.74, 6) is 1.82. The molecule has 31 heavy (non-hydrogen) atoms. The second-order valence-electron chi connectivity index (χ2n) is 6.89. The van der Waals surface area contributed by atoms with Crippen LogP contribution in [-0.4, -0.2) is 45.2 Å². The smallest absolute Gasteiger partial charge is 0.252 e. The zero-order valence-corrected chi connectivity index (χ0v) is 21.4. The van der Waals surface area contributed by atoms with Gasteiger partial charge in [0.05, 0.1) is 17.7 Å². The van der Waals surface area contributed by atoms with Crippen LogP contribution < -0.4 is 20.7 Å². The van der Waals surface area contributed by atoms with Gasteiger partial charge in [0.2, 0.25) is 0 Å². The number of ether oxygens (including phenoxy) is 1. The van der Waals surface area contributed by atoms with Gasteiger partial charge in [-0.05, 0) is 49.1 Å². The van der Waals surface area contributed by atoms with Crippen LogP contribution in [0.5, 0.6) is 5.75 Å². The molecule has 0 bridgehead atoms. The number of nitrogens with zero attached hydrogens (tertiary/aromatic N) is 1. The highest BCUT2D eigenvalue weighted by Crippen LogP contribution is 2.21. The van der Waals surface area contributed by atoms with Gasteiger partial charge < -0.3 is 20.7 Å². The van der Waals surface area contributed by atoms with Crippen molar-refractivity contribution in [2.45, 2.75) is 26.2 Å². The summed E-state index contributed by atoms with van der Waals surface area (Å²) in [5.41, 5.74) is 1.75. The molecular formula is C23H32ClIN4O2. The number of halogens is 2. The molecule has 2 aromatic carbocycles. The Balaban J connectivity index is 0.00000480. The predicted octanol–water partition coefficient (Wildman–Crippen LogP) is 4.45. The molecule has 170 valence electrons. The minimum absolute atomic E-state index is 0. The lowest BCUT2D eigenvalue weighted by Crippen LogP contribution is -2.41. The Kier molecular flexibility index (Phi) is 13.0. The van der Waals surface area contributed by atoms with Gasteiger partial charge in [0, 0.05) is 26.2 Å². The predicted molar refractivity (Wildman–Crippen MR) is 139 cm³/mol. The van der Waals surface area contributed by atoms with E-state index in [0.29, 0.717) is 36.1 Å². The maximum absolute atomic E-state index is 12.2. The molecule has 8 heteroatoms. The number of methoxy groups -OCH3 is 1. The third-order valence-electron chi connectivity index (χ3n) is 4.68. The van der Waals surface area contributed by atoms with Crippen molar-refractivity contribution in [1.82, 2.24) is 16.0 Å². The summed E-state index contributed by atoms with van der Waals surface area (Å²) in [5, 5.41) is 9.79. The monoisotopic (exact) mass is 558 g/mol. The number of guanidine groups is 1.